The van der Waals surface area contributed by atoms with Crippen molar-refractivity contribution in [3.8, 4) is 0 Å². The van der Waals surface area contributed by atoms with Gasteiger partial charge in [-0.1, -0.05) is 103 Å². The molecule has 1 heteroatoms. The first kappa shape index (κ1) is 27.5. The smallest absolute Gasteiger partial charge is 0.0681 e. The minimum Gasteiger partial charge on any atom is -0.373 e. The van der Waals surface area contributed by atoms with E-state index in [1.165, 1.54) is 128 Å². The van der Waals surface area contributed by atoms with E-state index in [9.17, 15) is 0 Å². The Morgan fingerprint density at radius 2 is 0.886 bits per heavy atom. The topological polar surface area (TPSA) is 9.23 Å². The van der Waals surface area contributed by atoms with E-state index in [1.54, 1.807) is 11.1 Å². The molecule has 0 aromatic heterocycles. The van der Waals surface area contributed by atoms with Gasteiger partial charge in [0.25, 0.3) is 0 Å². The van der Waals surface area contributed by atoms with Crippen molar-refractivity contribution in [3.05, 3.63) is 23.3 Å². The predicted molar refractivity (Wildman–Crippen MR) is 152 cm³/mol. The second-order valence-corrected chi connectivity index (χ2v) is 13.2. The van der Waals surface area contributed by atoms with Gasteiger partial charge in [-0.05, 0) is 98.0 Å². The van der Waals surface area contributed by atoms with Crippen molar-refractivity contribution in [1.82, 2.24) is 0 Å². The first-order valence-corrected chi connectivity index (χ1v) is 16.1. The molecule has 2 saturated carbocycles. The van der Waals surface area contributed by atoms with E-state index in [0.29, 0.717) is 0 Å². The van der Waals surface area contributed by atoms with Gasteiger partial charge in [0.05, 0.1) is 13.2 Å². The van der Waals surface area contributed by atoms with Gasteiger partial charge < -0.3 is 4.74 Å². The van der Waals surface area contributed by atoms with Crippen molar-refractivity contribution < 1.29 is 4.74 Å². The summed E-state index contributed by atoms with van der Waals surface area (Å²) < 4.78 is 6.20. The van der Waals surface area contributed by atoms with Crippen LogP contribution in [-0.4, -0.2) is 13.2 Å². The fourth-order valence-electron chi connectivity index (χ4n) is 7.78. The van der Waals surface area contributed by atoms with Crippen molar-refractivity contribution in [2.24, 2.45) is 35.5 Å². The molecule has 0 bridgehead atoms. The number of hydrogen-bond donors (Lipinski definition) is 0. The molecular formula is C34H58O. The van der Waals surface area contributed by atoms with E-state index in [4.69, 9.17) is 4.74 Å². The van der Waals surface area contributed by atoms with Crippen molar-refractivity contribution in [2.45, 2.75) is 142 Å². The fraction of sp³-hybridized carbons (Fsp3) is 0.882. The van der Waals surface area contributed by atoms with Crippen LogP contribution in [-0.2, 0) is 4.74 Å². The number of rotatable bonds is 12. The molecule has 35 heavy (non-hydrogen) atoms. The summed E-state index contributed by atoms with van der Waals surface area (Å²) in [5.74, 6) is 6.05. The molecule has 4 aliphatic carbocycles. The SMILES string of the molecule is CCC1CCC(CCC2CC=C(COCC3=CCC(CCC4CCC(CC)CC4)CC3)CC2)CC1. The monoisotopic (exact) mass is 482 g/mol. The van der Waals surface area contributed by atoms with Crippen molar-refractivity contribution in [1.29, 1.82) is 0 Å². The second-order valence-electron chi connectivity index (χ2n) is 13.2. The van der Waals surface area contributed by atoms with Crippen LogP contribution in [0.5, 0.6) is 0 Å². The summed E-state index contributed by atoms with van der Waals surface area (Å²) in [6.07, 6.45) is 33.9. The molecule has 0 aromatic rings. The molecule has 2 fully saturated rings. The van der Waals surface area contributed by atoms with Crippen molar-refractivity contribution in [2.75, 3.05) is 13.2 Å². The lowest BCUT2D eigenvalue weighted by Crippen LogP contribution is -2.16. The van der Waals surface area contributed by atoms with Crippen LogP contribution in [0.15, 0.2) is 23.3 Å². The lowest BCUT2D eigenvalue weighted by molar-refractivity contribution is 0.168. The van der Waals surface area contributed by atoms with Crippen molar-refractivity contribution in [3.63, 3.8) is 0 Å². The molecule has 0 radical (unpaired) electrons. The van der Waals surface area contributed by atoms with Crippen LogP contribution in [0.1, 0.15) is 142 Å². The zero-order chi connectivity index (χ0) is 24.3. The first-order valence-electron chi connectivity index (χ1n) is 16.1. The maximum Gasteiger partial charge on any atom is 0.0681 e. The highest BCUT2D eigenvalue weighted by atomic mass is 16.5. The summed E-state index contributed by atoms with van der Waals surface area (Å²) in [6.45, 7) is 6.52. The molecular weight excluding hydrogens is 424 g/mol. The second kappa shape index (κ2) is 15.0. The van der Waals surface area contributed by atoms with Gasteiger partial charge in [-0.15, -0.1) is 0 Å². The zero-order valence-electron chi connectivity index (χ0n) is 23.6. The molecule has 0 N–H and O–H groups in total. The van der Waals surface area contributed by atoms with Gasteiger partial charge in [-0.25, -0.2) is 0 Å². The molecule has 2 atom stereocenters. The summed E-state index contributed by atoms with van der Waals surface area (Å²) in [6, 6.07) is 0. The zero-order valence-corrected chi connectivity index (χ0v) is 23.6. The molecule has 0 saturated heterocycles. The van der Waals surface area contributed by atoms with Crippen LogP contribution in [0, 0.1) is 35.5 Å². The fourth-order valence-corrected chi connectivity index (χ4v) is 7.78. The minimum atomic E-state index is 0.884. The minimum absolute atomic E-state index is 0.884. The molecule has 0 amide bonds. The number of ether oxygens (including phenoxy) is 1. The first-order chi connectivity index (χ1) is 17.2. The third-order valence-corrected chi connectivity index (χ3v) is 10.9. The van der Waals surface area contributed by atoms with Crippen molar-refractivity contribution >= 4 is 0 Å². The van der Waals surface area contributed by atoms with Crippen LogP contribution < -0.4 is 0 Å². The van der Waals surface area contributed by atoms with E-state index >= 15 is 0 Å². The standard InChI is InChI=1S/C34H58O/c1-3-27-5-9-29(10-6-27)13-15-31-17-21-33(22-18-31)25-35-26-34-23-19-32(20-24-34)16-14-30-11-7-28(4-2)8-12-30/h21,23,27-32H,3-20,22,24-26H2,1-2H3. The highest BCUT2D eigenvalue weighted by Gasteiger charge is 2.23. The van der Waals surface area contributed by atoms with Gasteiger partial charge in [0.1, 0.15) is 0 Å². The molecule has 0 spiro atoms. The Bertz CT molecular complexity index is 588. The summed E-state index contributed by atoms with van der Waals surface area (Å²) in [5, 5.41) is 0. The molecule has 1 nitrogen and oxygen atoms in total. The third kappa shape index (κ3) is 9.36. The largest absolute Gasteiger partial charge is 0.373 e. The summed E-state index contributed by atoms with van der Waals surface area (Å²) in [4.78, 5) is 0. The van der Waals surface area contributed by atoms with Gasteiger partial charge in [0.2, 0.25) is 0 Å². The Hall–Kier alpha value is -0.560. The summed E-state index contributed by atoms with van der Waals surface area (Å²) in [5.41, 5.74) is 3.16. The highest BCUT2D eigenvalue weighted by molar-refractivity contribution is 5.09. The Kier molecular flexibility index (Phi) is 11.8. The summed E-state index contributed by atoms with van der Waals surface area (Å²) in [7, 11) is 0. The molecule has 2 unspecified atom stereocenters. The van der Waals surface area contributed by atoms with Gasteiger partial charge >= 0.3 is 0 Å². The molecule has 0 aliphatic heterocycles. The molecule has 0 aromatic carbocycles. The average Bonchev–Trinajstić information content (AvgIpc) is 2.93. The third-order valence-electron chi connectivity index (χ3n) is 10.9. The molecule has 4 aliphatic rings. The molecule has 200 valence electrons. The lowest BCUT2D eigenvalue weighted by atomic mass is 9.77. The van der Waals surface area contributed by atoms with Gasteiger partial charge in [0.15, 0.2) is 0 Å². The van der Waals surface area contributed by atoms with E-state index in [-0.39, 0.29) is 0 Å². The highest BCUT2D eigenvalue weighted by Crippen LogP contribution is 2.37. The van der Waals surface area contributed by atoms with Crippen LogP contribution in [0.25, 0.3) is 0 Å². The average molecular weight is 483 g/mol. The van der Waals surface area contributed by atoms with E-state index in [1.807, 2.05) is 0 Å². The predicted octanol–water partition coefficient (Wildman–Crippen LogP) is 10.4. The van der Waals surface area contributed by atoms with Crippen LogP contribution in [0.3, 0.4) is 0 Å². The summed E-state index contributed by atoms with van der Waals surface area (Å²) >= 11 is 0. The Morgan fingerprint density at radius 3 is 1.23 bits per heavy atom. The van der Waals surface area contributed by atoms with Crippen LogP contribution in [0.2, 0.25) is 0 Å². The maximum atomic E-state index is 6.20. The van der Waals surface area contributed by atoms with E-state index in [0.717, 1.165) is 48.7 Å². The molecule has 0 heterocycles. The molecule has 4 rings (SSSR count). The quantitative estimate of drug-likeness (QED) is 0.251. The number of allylic oxidation sites excluding steroid dienone is 2. The normalized spacial score (nSPS) is 34.3. The van der Waals surface area contributed by atoms with E-state index < -0.39 is 0 Å². The lowest BCUT2D eigenvalue weighted by Gasteiger charge is -2.30. The Morgan fingerprint density at radius 1 is 0.514 bits per heavy atom. The van der Waals surface area contributed by atoms with Gasteiger partial charge in [-0.3, -0.25) is 0 Å². The Balaban J connectivity index is 1.03. The van der Waals surface area contributed by atoms with Crippen LogP contribution in [0.4, 0.5) is 0 Å². The van der Waals surface area contributed by atoms with Crippen LogP contribution >= 0.6 is 0 Å². The van der Waals surface area contributed by atoms with Gasteiger partial charge in [-0.2, -0.15) is 0 Å². The maximum absolute atomic E-state index is 6.20. The van der Waals surface area contributed by atoms with Gasteiger partial charge in [0, 0.05) is 0 Å². The van der Waals surface area contributed by atoms with E-state index in [2.05, 4.69) is 26.0 Å². The Labute approximate surface area is 218 Å². The number of hydrogen-bond acceptors (Lipinski definition) is 1.